The number of aliphatic imine (C=N–C) groups is 2. The van der Waals surface area contributed by atoms with Gasteiger partial charge in [0.05, 0.1) is 18.7 Å². The third kappa shape index (κ3) is 35.5. The molecular formula is C64H105N21O17. The van der Waals surface area contributed by atoms with Gasteiger partial charge in [0, 0.05) is 25.9 Å². The molecule has 0 fully saturated rings. The number of nitrogens with zero attached hydrogens (tertiary/aromatic N) is 2. The summed E-state index contributed by atoms with van der Waals surface area (Å²) in [5, 5.41) is 64.3. The number of carbonyl (C=O) groups is 13. The number of hydrogen-bond acceptors (Lipinski definition) is 21. The molecular weight excluding hydrogens is 1330 g/mol. The van der Waals surface area contributed by atoms with Gasteiger partial charge in [-0.25, -0.2) is 5.43 Å². The first kappa shape index (κ1) is 87.6. The zero-order valence-electron chi connectivity index (χ0n) is 58.4. The second-order valence-corrected chi connectivity index (χ2v) is 25.2. The normalized spacial score (nSPS) is 14.3. The number of phenols is 2. The largest absolute Gasteiger partial charge is 0.508 e. The lowest BCUT2D eigenvalue weighted by atomic mass is 10.00. The molecule has 0 bridgehead atoms. The molecule has 2 rings (SSSR count). The average Bonchev–Trinajstić information content (AvgIpc) is 0.862. The molecule has 0 aliphatic rings. The van der Waals surface area contributed by atoms with Crippen molar-refractivity contribution in [2.24, 2.45) is 62.0 Å². The van der Waals surface area contributed by atoms with Crippen molar-refractivity contribution in [1.29, 1.82) is 0 Å². The van der Waals surface area contributed by atoms with Crippen LogP contribution in [0.25, 0.3) is 0 Å². The van der Waals surface area contributed by atoms with Crippen molar-refractivity contribution in [3.05, 3.63) is 59.7 Å². The van der Waals surface area contributed by atoms with Gasteiger partial charge in [0.2, 0.25) is 65.0 Å². The lowest BCUT2D eigenvalue weighted by molar-refractivity contribution is -0.139. The van der Waals surface area contributed by atoms with E-state index >= 15 is 0 Å². The Morgan fingerprint density at radius 1 is 0.451 bits per heavy atom. The van der Waals surface area contributed by atoms with Crippen LogP contribution in [-0.2, 0) is 75.2 Å². The number of unbranched alkanes of at least 4 members (excludes halogenated alkanes) is 1. The number of nitrogens with one attached hydrogen (secondary N) is 12. The fourth-order valence-corrected chi connectivity index (χ4v) is 9.79. The molecule has 0 radical (unpaired) electrons. The standard InChI is InChI=1S/C64H105N21O17/c1-33(2)27-46(80-53(93)35(5)84-85-54(94)41(66)29-37-14-18-39(87)19-15-37)60(100)78-43(11-7-8-24-65)57(97)77-44(13-10-26-73-64(70)71)58(98)79-45(22-23-49(67)89)55(95)74-31-50(90)76-42(12-9-25-72-63(68)69)59(99)83-52(36(6)86)62(102)82-47(28-34(3)4)61(101)81-48(56(96)75-32-51(91)92)30-38-16-20-40(88)21-17-38/h14-21,33-36,41-48,52,84,86-88H,7-13,22-32,65-66H2,1-6H3,(H2,67,89)(H,74,95)(H,75,96)(H,76,90)(H,77,97)(H,78,100)(H,79,98)(H,80,93)(H,81,101)(H,82,102)(H,83,99)(H,85,94)(H,91,92)(H4,68,69,72)(H4,70,71,73)/t35-,36+,41-,42-,43-,44-,45-,46-,47-,48-,52-/m0/s1. The Labute approximate surface area is 590 Å². The molecule has 102 heavy (non-hydrogen) atoms. The zero-order valence-corrected chi connectivity index (χ0v) is 58.4. The van der Waals surface area contributed by atoms with Crippen LogP contribution in [0.5, 0.6) is 11.5 Å². The molecule has 2 aromatic carbocycles. The number of carbonyl (C=O) groups excluding carboxylic acids is 12. The third-order valence-corrected chi connectivity index (χ3v) is 15.2. The number of carboxylic acids is 1. The lowest BCUT2D eigenvalue weighted by Crippen LogP contribution is -2.61. The van der Waals surface area contributed by atoms with Gasteiger partial charge >= 0.3 is 5.97 Å². The van der Waals surface area contributed by atoms with Crippen molar-refractivity contribution in [2.75, 3.05) is 32.7 Å². The van der Waals surface area contributed by atoms with Gasteiger partial charge in [-0.2, -0.15) is 0 Å². The highest BCUT2D eigenvalue weighted by atomic mass is 16.4. The second-order valence-electron chi connectivity index (χ2n) is 25.2. The van der Waals surface area contributed by atoms with E-state index in [1.807, 2.05) is 0 Å². The molecule has 38 nitrogen and oxygen atoms in total. The maximum Gasteiger partial charge on any atom is 0.322 e. The fourth-order valence-electron chi connectivity index (χ4n) is 9.79. The summed E-state index contributed by atoms with van der Waals surface area (Å²) in [7, 11) is 0. The number of amides is 12. The number of aromatic hydroxyl groups is 2. The number of guanidine groups is 2. The number of aliphatic hydroxyl groups is 1. The highest BCUT2D eigenvalue weighted by molar-refractivity contribution is 5.99. The van der Waals surface area contributed by atoms with Crippen LogP contribution in [0.1, 0.15) is 123 Å². The van der Waals surface area contributed by atoms with E-state index in [-0.39, 0.29) is 119 Å². The van der Waals surface area contributed by atoms with Crippen molar-refractivity contribution in [3.63, 3.8) is 0 Å². The van der Waals surface area contributed by atoms with Crippen LogP contribution in [-0.4, -0.2) is 208 Å². The first-order chi connectivity index (χ1) is 48.0. The predicted molar refractivity (Wildman–Crippen MR) is 373 cm³/mol. The second kappa shape index (κ2) is 46.1. The summed E-state index contributed by atoms with van der Waals surface area (Å²) in [6.45, 7) is 7.93. The number of aliphatic hydroxyl groups excluding tert-OH is 1. The Morgan fingerprint density at radius 3 is 1.30 bits per heavy atom. The summed E-state index contributed by atoms with van der Waals surface area (Å²) < 4.78 is 0. The van der Waals surface area contributed by atoms with E-state index in [0.717, 1.165) is 6.92 Å². The van der Waals surface area contributed by atoms with E-state index in [1.54, 1.807) is 39.8 Å². The molecule has 0 spiro atoms. The SMILES string of the molecule is CC(C)C[C@H](NC(=O)[C@H](C)NNC(=O)[C@@H](N)Cc1ccc(O)cc1)C(=O)N[C@@H](CCCCN)C(=O)N[C@@H](CCCN=C(N)N)C(=O)N[C@@H](CCC(N)=O)C(=O)NCC(=O)N[C@@H](CCCN=C(N)N)C(=O)N[C@H](C(=O)N[C@@H](CC(C)C)C(=O)N[C@@H](Cc1ccc(O)cc1)C(=O)NCC(=O)O)[C@@H](C)O. The van der Waals surface area contributed by atoms with Crippen LogP contribution < -0.4 is 104 Å². The maximum atomic E-state index is 14.4. The van der Waals surface area contributed by atoms with Gasteiger partial charge in [-0.1, -0.05) is 52.0 Å². The molecule has 0 saturated carbocycles. The van der Waals surface area contributed by atoms with Gasteiger partial charge in [0.15, 0.2) is 11.9 Å². The third-order valence-electron chi connectivity index (χ3n) is 15.2. The Bertz CT molecular complexity index is 3170. The number of phenolic OH excluding ortho intramolecular Hbond substituents is 2. The number of carboxylic acid groups (broad SMARTS) is 1. The van der Waals surface area contributed by atoms with Crippen molar-refractivity contribution >= 4 is 88.8 Å². The smallest absolute Gasteiger partial charge is 0.322 e. The molecule has 30 N–H and O–H groups in total. The summed E-state index contributed by atoms with van der Waals surface area (Å²) in [5.74, 6) is -13.6. The number of hydrazine groups is 1. The van der Waals surface area contributed by atoms with E-state index in [0.29, 0.717) is 17.5 Å². The van der Waals surface area contributed by atoms with E-state index in [4.69, 9.17) is 40.1 Å². The van der Waals surface area contributed by atoms with Crippen molar-refractivity contribution < 1.29 is 82.8 Å². The molecule has 0 heterocycles. The lowest BCUT2D eigenvalue weighted by Gasteiger charge is -2.28. The highest BCUT2D eigenvalue weighted by Gasteiger charge is 2.36. The molecule has 0 aliphatic heterocycles. The van der Waals surface area contributed by atoms with Crippen LogP contribution >= 0.6 is 0 Å². The fraction of sp³-hybridized carbons (Fsp3) is 0.578. The van der Waals surface area contributed by atoms with E-state index < -0.39 is 169 Å². The van der Waals surface area contributed by atoms with Gasteiger partial charge in [-0.15, -0.1) is 0 Å². The summed E-state index contributed by atoms with van der Waals surface area (Å²) in [6, 6.07) is -2.49. The van der Waals surface area contributed by atoms with Crippen molar-refractivity contribution in [3.8, 4) is 11.5 Å². The van der Waals surface area contributed by atoms with Crippen LogP contribution in [0.3, 0.4) is 0 Å². The Kier molecular flexibility index (Phi) is 39.6. The number of nitrogens with two attached hydrogens (primary N) is 7. The molecule has 0 saturated heterocycles. The van der Waals surface area contributed by atoms with E-state index in [9.17, 15) is 82.8 Å². The predicted octanol–water partition coefficient (Wildman–Crippen LogP) is -6.61. The number of aliphatic carboxylic acids is 1. The van der Waals surface area contributed by atoms with Crippen LogP contribution in [0.15, 0.2) is 58.5 Å². The summed E-state index contributed by atoms with van der Waals surface area (Å²) in [4.78, 5) is 184. The Hall–Kier alpha value is -10.5. The molecule has 2 aromatic rings. The van der Waals surface area contributed by atoms with Crippen LogP contribution in [0, 0.1) is 11.8 Å². The Balaban J connectivity index is 2.40. The van der Waals surface area contributed by atoms with Crippen molar-refractivity contribution in [2.45, 2.75) is 192 Å². The first-order valence-electron chi connectivity index (χ1n) is 33.3. The summed E-state index contributed by atoms with van der Waals surface area (Å²) >= 11 is 0. The Morgan fingerprint density at radius 2 is 0.853 bits per heavy atom. The summed E-state index contributed by atoms with van der Waals surface area (Å²) in [5.41, 5.74) is 45.5. The highest BCUT2D eigenvalue weighted by Crippen LogP contribution is 2.16. The number of primary amides is 1. The minimum Gasteiger partial charge on any atom is -0.508 e. The minimum atomic E-state index is -1.82. The van der Waals surface area contributed by atoms with Crippen LogP contribution in [0.2, 0.25) is 0 Å². The zero-order chi connectivity index (χ0) is 76.8. The molecule has 0 aromatic heterocycles. The van der Waals surface area contributed by atoms with Gasteiger partial charge in [0.25, 0.3) is 5.91 Å². The monoisotopic (exact) mass is 1440 g/mol. The van der Waals surface area contributed by atoms with Gasteiger partial charge in [-0.3, -0.25) is 77.7 Å². The maximum absolute atomic E-state index is 14.4. The molecule has 38 heteroatoms. The van der Waals surface area contributed by atoms with E-state index in [2.05, 4.69) is 74.0 Å². The molecule has 0 unspecified atom stereocenters. The van der Waals surface area contributed by atoms with Crippen molar-refractivity contribution in [1.82, 2.24) is 64.0 Å². The topological polar surface area (TPSA) is 654 Å². The van der Waals surface area contributed by atoms with Crippen LogP contribution in [0.4, 0.5) is 0 Å². The number of benzene rings is 2. The molecule has 568 valence electrons. The van der Waals surface area contributed by atoms with Gasteiger partial charge < -0.3 is 114 Å². The quantitative estimate of drug-likeness (QED) is 0.0127. The minimum absolute atomic E-state index is 0.0157. The average molecular weight is 1440 g/mol. The van der Waals surface area contributed by atoms with Gasteiger partial charge in [0.1, 0.15) is 72.4 Å². The number of hydrogen-bond donors (Lipinski definition) is 23. The summed E-state index contributed by atoms with van der Waals surface area (Å²) in [6.07, 6.45) is -2.41. The molecule has 11 atom stereocenters. The number of rotatable bonds is 48. The molecule has 0 aliphatic carbocycles. The van der Waals surface area contributed by atoms with Gasteiger partial charge in [-0.05, 0) is 138 Å². The van der Waals surface area contributed by atoms with E-state index in [1.165, 1.54) is 43.3 Å². The molecule has 12 amide bonds. The first-order valence-corrected chi connectivity index (χ1v) is 33.3.